The Hall–Kier alpha value is -1.67. The number of hydrogen-bond acceptors (Lipinski definition) is 5. The molecule has 2 aromatic rings. The third-order valence-corrected chi connectivity index (χ3v) is 4.64. The molecule has 0 aromatic carbocycles. The van der Waals surface area contributed by atoms with Crippen molar-refractivity contribution >= 4 is 32.9 Å². The summed E-state index contributed by atoms with van der Waals surface area (Å²) in [6.45, 7) is 0.282. The molecule has 1 N–H and O–H groups in total. The van der Waals surface area contributed by atoms with E-state index in [0.29, 0.717) is 18.7 Å². The van der Waals surface area contributed by atoms with Crippen molar-refractivity contribution < 1.29 is 13.2 Å². The molecule has 0 atom stereocenters. The lowest BCUT2D eigenvalue weighted by Crippen LogP contribution is -2.14. The molecule has 0 spiro atoms. The Balaban J connectivity index is 1.80. The lowest BCUT2D eigenvalue weighted by molar-refractivity contribution is -0.116. The Morgan fingerprint density at radius 3 is 2.90 bits per heavy atom. The largest absolute Gasteiger partial charge is 0.309 e. The highest BCUT2D eigenvalue weighted by Crippen LogP contribution is 2.11. The molecule has 0 radical (unpaired) electrons. The summed E-state index contributed by atoms with van der Waals surface area (Å²) in [6.07, 6.45) is 3.94. The molecule has 0 aliphatic carbocycles. The van der Waals surface area contributed by atoms with Crippen LogP contribution in [0.2, 0.25) is 0 Å². The number of thiophene rings is 1. The number of amides is 1. The molecule has 1 amide bonds. The van der Waals surface area contributed by atoms with Gasteiger partial charge in [0.15, 0.2) is 5.82 Å². The molecule has 0 unspecified atom stereocenters. The zero-order valence-corrected chi connectivity index (χ0v) is 13.3. The van der Waals surface area contributed by atoms with Crippen molar-refractivity contribution in [3.8, 4) is 0 Å². The Morgan fingerprint density at radius 1 is 1.43 bits per heavy atom. The van der Waals surface area contributed by atoms with Gasteiger partial charge in [0.25, 0.3) is 0 Å². The molecule has 21 heavy (non-hydrogen) atoms. The summed E-state index contributed by atoms with van der Waals surface area (Å²) >= 11 is 1.63. The Morgan fingerprint density at radius 2 is 2.24 bits per heavy atom. The fourth-order valence-corrected chi connectivity index (χ4v) is 2.94. The van der Waals surface area contributed by atoms with Crippen LogP contribution >= 0.6 is 11.3 Å². The zero-order valence-electron chi connectivity index (χ0n) is 11.7. The Kier molecular flexibility index (Phi) is 5.13. The topological polar surface area (TPSA) is 81.1 Å². The normalized spacial score (nSPS) is 11.5. The van der Waals surface area contributed by atoms with Gasteiger partial charge in [-0.25, -0.2) is 8.42 Å². The van der Waals surface area contributed by atoms with E-state index in [-0.39, 0.29) is 18.2 Å². The van der Waals surface area contributed by atoms with Crippen molar-refractivity contribution in [2.75, 3.05) is 17.3 Å². The number of hydrogen-bond donors (Lipinski definition) is 1. The van der Waals surface area contributed by atoms with Crippen LogP contribution in [0.1, 0.15) is 11.3 Å². The summed E-state index contributed by atoms with van der Waals surface area (Å²) in [5, 5.41) is 8.81. The van der Waals surface area contributed by atoms with E-state index in [2.05, 4.69) is 10.4 Å². The molecular weight excluding hydrogens is 310 g/mol. The molecule has 6 nitrogen and oxygen atoms in total. The molecule has 0 saturated heterocycles. The second kappa shape index (κ2) is 6.86. The summed E-state index contributed by atoms with van der Waals surface area (Å²) in [5.41, 5.74) is 0. The molecule has 114 valence electrons. The minimum atomic E-state index is -3.02. The maximum atomic E-state index is 11.8. The van der Waals surface area contributed by atoms with Gasteiger partial charge in [0.05, 0.1) is 12.3 Å². The second-order valence-electron chi connectivity index (χ2n) is 4.72. The van der Waals surface area contributed by atoms with E-state index in [9.17, 15) is 13.2 Å². The number of anilines is 1. The van der Waals surface area contributed by atoms with Gasteiger partial charge >= 0.3 is 0 Å². The van der Waals surface area contributed by atoms with Crippen LogP contribution in [-0.2, 0) is 27.6 Å². The summed E-state index contributed by atoms with van der Waals surface area (Å²) in [4.78, 5) is 13.0. The predicted molar refractivity (Wildman–Crippen MR) is 83.2 cm³/mol. The molecule has 2 rings (SSSR count). The lowest BCUT2D eigenvalue weighted by Gasteiger charge is -2.02. The Labute approximate surface area is 127 Å². The summed E-state index contributed by atoms with van der Waals surface area (Å²) in [5.74, 6) is 0.372. The fourth-order valence-electron chi connectivity index (χ4n) is 1.71. The molecule has 0 aliphatic rings. The van der Waals surface area contributed by atoms with Gasteiger partial charge in [-0.3, -0.25) is 9.48 Å². The number of nitrogens with zero attached hydrogens (tertiary/aromatic N) is 2. The van der Waals surface area contributed by atoms with Crippen molar-refractivity contribution in [2.24, 2.45) is 0 Å². The van der Waals surface area contributed by atoms with Crippen LogP contribution < -0.4 is 5.32 Å². The van der Waals surface area contributed by atoms with Crippen LogP contribution in [0.5, 0.6) is 0 Å². The number of carbonyl (C=O) groups excluding carboxylic acids is 1. The maximum Gasteiger partial charge on any atom is 0.225 e. The third-order valence-electron chi connectivity index (χ3n) is 2.78. The average Bonchev–Trinajstić information content (AvgIpc) is 3.04. The first-order valence-electron chi connectivity index (χ1n) is 6.46. The van der Waals surface area contributed by atoms with Gasteiger partial charge in [0, 0.05) is 29.8 Å². The number of aryl methyl sites for hydroxylation is 2. The van der Waals surface area contributed by atoms with E-state index < -0.39 is 9.84 Å². The SMILES string of the molecule is CS(=O)(=O)CCn1ccc(NC(=O)CCc2cccs2)n1. The van der Waals surface area contributed by atoms with E-state index in [1.165, 1.54) is 15.8 Å². The molecule has 8 heteroatoms. The highest BCUT2D eigenvalue weighted by atomic mass is 32.2. The van der Waals surface area contributed by atoms with Crippen molar-refractivity contribution in [3.05, 3.63) is 34.7 Å². The first kappa shape index (κ1) is 15.7. The predicted octanol–water partition coefficient (Wildman–Crippen LogP) is 1.56. The van der Waals surface area contributed by atoms with Gasteiger partial charge in [0.2, 0.25) is 5.91 Å². The number of sulfone groups is 1. The highest BCUT2D eigenvalue weighted by Gasteiger charge is 2.07. The molecule has 0 fully saturated rings. The zero-order chi connectivity index (χ0) is 15.3. The van der Waals surface area contributed by atoms with Crippen molar-refractivity contribution in [1.82, 2.24) is 9.78 Å². The Bertz CT molecular complexity index is 690. The van der Waals surface area contributed by atoms with E-state index in [1.807, 2.05) is 17.5 Å². The fraction of sp³-hybridized carbons (Fsp3) is 0.385. The first-order chi connectivity index (χ1) is 9.92. The van der Waals surface area contributed by atoms with Crippen LogP contribution in [0.3, 0.4) is 0 Å². The summed E-state index contributed by atoms with van der Waals surface area (Å²) in [6, 6.07) is 5.62. The lowest BCUT2D eigenvalue weighted by atomic mass is 10.2. The number of carbonyl (C=O) groups is 1. The average molecular weight is 327 g/mol. The van der Waals surface area contributed by atoms with Crippen LogP contribution in [0.25, 0.3) is 0 Å². The standard InChI is InChI=1S/C13H17N3O3S2/c1-21(18,19)10-8-16-7-6-12(15-16)14-13(17)5-4-11-3-2-9-20-11/h2-3,6-7,9H,4-5,8,10H2,1H3,(H,14,15,17). The quantitative estimate of drug-likeness (QED) is 0.837. The van der Waals surface area contributed by atoms with E-state index in [0.717, 1.165) is 0 Å². The van der Waals surface area contributed by atoms with Crippen molar-refractivity contribution in [1.29, 1.82) is 0 Å². The van der Waals surface area contributed by atoms with E-state index >= 15 is 0 Å². The van der Waals surface area contributed by atoms with Gasteiger partial charge in [-0.1, -0.05) is 6.07 Å². The molecule has 2 heterocycles. The number of rotatable bonds is 7. The first-order valence-corrected chi connectivity index (χ1v) is 9.40. The second-order valence-corrected chi connectivity index (χ2v) is 8.01. The van der Waals surface area contributed by atoms with Gasteiger partial charge < -0.3 is 5.32 Å². The van der Waals surface area contributed by atoms with Gasteiger partial charge in [0.1, 0.15) is 9.84 Å². The summed E-state index contributed by atoms with van der Waals surface area (Å²) < 4.78 is 23.7. The molecule has 0 bridgehead atoms. The molecular formula is C13H17N3O3S2. The van der Waals surface area contributed by atoms with E-state index in [1.54, 1.807) is 23.6 Å². The van der Waals surface area contributed by atoms with Crippen LogP contribution in [0, 0.1) is 0 Å². The van der Waals surface area contributed by atoms with Crippen LogP contribution in [-0.4, -0.2) is 36.1 Å². The minimum Gasteiger partial charge on any atom is -0.309 e. The monoisotopic (exact) mass is 327 g/mol. The third kappa shape index (κ3) is 5.68. The van der Waals surface area contributed by atoms with Crippen molar-refractivity contribution in [3.63, 3.8) is 0 Å². The van der Waals surface area contributed by atoms with Crippen LogP contribution in [0.4, 0.5) is 5.82 Å². The summed E-state index contributed by atoms with van der Waals surface area (Å²) in [7, 11) is -3.02. The van der Waals surface area contributed by atoms with Gasteiger partial charge in [-0.2, -0.15) is 5.10 Å². The number of nitrogens with one attached hydrogen (secondary N) is 1. The van der Waals surface area contributed by atoms with E-state index in [4.69, 9.17) is 0 Å². The van der Waals surface area contributed by atoms with Crippen LogP contribution in [0.15, 0.2) is 29.8 Å². The highest BCUT2D eigenvalue weighted by molar-refractivity contribution is 7.90. The van der Waals surface area contributed by atoms with Gasteiger partial charge in [-0.05, 0) is 17.9 Å². The maximum absolute atomic E-state index is 11.8. The van der Waals surface area contributed by atoms with Gasteiger partial charge in [-0.15, -0.1) is 11.3 Å². The molecule has 2 aromatic heterocycles. The molecule has 0 aliphatic heterocycles. The number of aromatic nitrogens is 2. The smallest absolute Gasteiger partial charge is 0.225 e. The van der Waals surface area contributed by atoms with Crippen molar-refractivity contribution in [2.45, 2.75) is 19.4 Å². The molecule has 0 saturated carbocycles. The minimum absolute atomic E-state index is 0.0282.